The molecule has 1 aliphatic rings. The van der Waals surface area contributed by atoms with Crippen molar-refractivity contribution in [3.05, 3.63) is 100 Å². The van der Waals surface area contributed by atoms with E-state index >= 15 is 0 Å². The maximum Gasteiger partial charge on any atom is 0.415 e. The van der Waals surface area contributed by atoms with Gasteiger partial charge in [-0.2, -0.15) is 5.26 Å². The summed E-state index contributed by atoms with van der Waals surface area (Å²) in [5, 5.41) is 12.8. The number of anilines is 5. The first kappa shape index (κ1) is 58.8. The predicted octanol–water partition coefficient (Wildman–Crippen LogP) is 11.4. The molecule has 6 rings (SSSR count). The number of aromatic nitrogens is 1. The number of nitrogens with one attached hydrogen (secondary N) is 4. The van der Waals surface area contributed by atoms with E-state index in [0.717, 1.165) is 43.0 Å². The minimum Gasteiger partial charge on any atom is -0.435 e. The van der Waals surface area contributed by atoms with Crippen LogP contribution in [0.3, 0.4) is 0 Å². The number of benzene rings is 4. The van der Waals surface area contributed by atoms with E-state index in [9.17, 15) is 44.9 Å². The fourth-order valence-corrected chi connectivity index (χ4v) is 11.8. The summed E-state index contributed by atoms with van der Waals surface area (Å²) < 4.78 is 96.6. The zero-order chi connectivity index (χ0) is 56.3. The molecule has 1 saturated carbocycles. The van der Waals surface area contributed by atoms with E-state index in [2.05, 4.69) is 60.2 Å². The topological polar surface area (TPSA) is 264 Å². The van der Waals surface area contributed by atoms with Crippen LogP contribution in [0.5, 0.6) is 0 Å². The van der Waals surface area contributed by atoms with Crippen LogP contribution < -0.4 is 24.4 Å². The molecule has 4 aromatic carbocycles. The van der Waals surface area contributed by atoms with Crippen molar-refractivity contribution in [2.24, 2.45) is 10.8 Å². The highest BCUT2D eigenvalue weighted by atomic mass is 35.5. The second kappa shape index (κ2) is 22.6. The summed E-state index contributed by atoms with van der Waals surface area (Å²) in [5.74, 6) is -2.45. The number of amides is 2. The van der Waals surface area contributed by atoms with Crippen LogP contribution in [0.2, 0.25) is 5.02 Å². The number of hydrogen-bond donors (Lipinski definition) is 4. The van der Waals surface area contributed by atoms with E-state index in [4.69, 9.17) is 25.7 Å². The molecule has 1 heterocycles. The summed E-state index contributed by atoms with van der Waals surface area (Å²) in [6, 6.07) is 19.8. The number of Topliss-reactive ketones (excluding diaryl/α,β-unsaturated/α-hetero) is 1. The molecule has 76 heavy (non-hydrogen) atoms. The van der Waals surface area contributed by atoms with Crippen LogP contribution in [-0.4, -0.2) is 71.7 Å². The predicted molar refractivity (Wildman–Crippen MR) is 299 cm³/mol. The van der Waals surface area contributed by atoms with Crippen molar-refractivity contribution >= 4 is 111 Å². The maximum atomic E-state index is 14.6. The highest BCUT2D eigenvalue weighted by Crippen LogP contribution is 2.39. The maximum absolute atomic E-state index is 14.6. The highest BCUT2D eigenvalue weighted by Gasteiger charge is 2.41. The molecule has 1 unspecified atom stereocenters. The number of nitriles is 1. The summed E-state index contributed by atoms with van der Waals surface area (Å²) in [7, 11) is -12.6. The molecule has 0 spiro atoms. The molecule has 22 heteroatoms. The lowest BCUT2D eigenvalue weighted by atomic mass is 9.72. The number of oxazole rings is 1. The Kier molecular flexibility index (Phi) is 17.5. The molecule has 4 N–H and O–H groups in total. The van der Waals surface area contributed by atoms with Gasteiger partial charge in [0.1, 0.15) is 22.1 Å². The number of carbonyl (C=O) groups is 3. The van der Waals surface area contributed by atoms with E-state index in [1.54, 1.807) is 45.0 Å². The average Bonchev–Trinajstić information content (AvgIpc) is 4.01. The van der Waals surface area contributed by atoms with Crippen LogP contribution in [0.25, 0.3) is 22.7 Å². The molecule has 0 radical (unpaired) electrons. The van der Waals surface area contributed by atoms with Crippen LogP contribution in [0.1, 0.15) is 124 Å². The Labute approximate surface area is 451 Å². The van der Waals surface area contributed by atoms with Crippen molar-refractivity contribution in [3.63, 3.8) is 0 Å². The normalized spacial score (nSPS) is 14.4. The van der Waals surface area contributed by atoms with Gasteiger partial charge in [-0.3, -0.25) is 28.7 Å². The summed E-state index contributed by atoms with van der Waals surface area (Å²) in [4.78, 5) is 48.4. The fourth-order valence-electron chi connectivity index (χ4n) is 9.04. The fraction of sp³-hybridized carbons (Fsp3) is 0.426. The van der Waals surface area contributed by atoms with Crippen LogP contribution in [0.4, 0.5) is 33.2 Å². The van der Waals surface area contributed by atoms with Crippen LogP contribution in [0.15, 0.2) is 82.1 Å². The highest BCUT2D eigenvalue weighted by molar-refractivity contribution is 7.94. The minimum atomic E-state index is -4.74. The Morgan fingerprint density at radius 2 is 1.46 bits per heavy atom. The summed E-state index contributed by atoms with van der Waals surface area (Å²) >= 11 is 6.53. The molecule has 0 bridgehead atoms. The molecule has 1 aliphatic carbocycles. The molecule has 18 nitrogen and oxygen atoms in total. The summed E-state index contributed by atoms with van der Waals surface area (Å²) in [6.45, 7) is 20.2. The lowest BCUT2D eigenvalue weighted by molar-refractivity contribution is -0.142. The first-order chi connectivity index (χ1) is 35.2. The van der Waals surface area contributed by atoms with Gasteiger partial charge in [-0.05, 0) is 134 Å². The molecule has 5 aromatic rings. The van der Waals surface area contributed by atoms with Gasteiger partial charge in [0, 0.05) is 22.8 Å². The number of ether oxygens (including phenoxy) is 1. The SMILES string of the molecule is CCS(=O)(=O)Nc1ccc(NS(=O)(=O)CC)c(S(=O)(=O)Nc2ccc(Cl)c(NC(=O)C(OC(=O)N(c3ccc(C=C(C#N)c4nc5cc(C(C)(C)CC(C)(C)C)ccc5o4)c(C)c3)C3CCCC3)C(=O)C(C)(C)C)c2)c1. The van der Waals surface area contributed by atoms with E-state index in [1.807, 2.05) is 25.1 Å². The smallest absolute Gasteiger partial charge is 0.415 e. The number of allylic oxidation sites excluding steroid dienone is 1. The Bertz CT molecular complexity index is 3480. The first-order valence-corrected chi connectivity index (χ1v) is 29.9. The third kappa shape index (κ3) is 14.5. The standard InChI is InChI=1S/C54H66ClN7O11S3/c1-12-74(66,67)59-38-21-24-42(61-75(68,69)13-2)46(30-38)76(70,71)60-37-20-23-41(55)43(29-37)57-49(64)47(48(63)53(7,8)9)73-51(65)62(39-16-14-15-17-39)40-22-18-34(33(3)26-40)27-35(31-56)50-58-44-28-36(19-25-45(44)72-50)54(10,11)32-52(4,5)6/h18-30,39,47,59-61H,12-17,32H2,1-11H3,(H,57,64). The molecule has 2 amide bonds. The van der Waals surface area contributed by atoms with E-state index in [-0.39, 0.29) is 61.9 Å². The lowest BCUT2D eigenvalue weighted by Crippen LogP contribution is -2.48. The summed E-state index contributed by atoms with van der Waals surface area (Å²) in [6.07, 6.45) is 2.41. The Morgan fingerprint density at radius 3 is 2.07 bits per heavy atom. The van der Waals surface area contributed by atoms with Crippen molar-refractivity contribution in [1.29, 1.82) is 5.26 Å². The third-order valence-corrected chi connectivity index (χ3v) is 17.0. The third-order valence-electron chi connectivity index (χ3n) is 12.7. The number of carbonyl (C=O) groups excluding carboxylic acids is 3. The van der Waals surface area contributed by atoms with Crippen molar-refractivity contribution < 1.29 is 48.8 Å². The van der Waals surface area contributed by atoms with Crippen LogP contribution in [-0.2, 0) is 49.8 Å². The van der Waals surface area contributed by atoms with Crippen LogP contribution in [0, 0.1) is 29.1 Å². The molecule has 0 aliphatic heterocycles. The second-order valence-electron chi connectivity index (χ2n) is 21.7. The number of hydrogen-bond acceptors (Lipinski definition) is 13. The van der Waals surface area contributed by atoms with Gasteiger partial charge < -0.3 is 14.5 Å². The van der Waals surface area contributed by atoms with E-state index < -0.39 is 70.0 Å². The van der Waals surface area contributed by atoms with Gasteiger partial charge in [0.05, 0.1) is 33.6 Å². The number of nitrogens with zero attached hydrogens (tertiary/aromatic N) is 3. The van der Waals surface area contributed by atoms with Gasteiger partial charge in [0.2, 0.25) is 32.0 Å². The molecular formula is C54H66ClN7O11S3. The Balaban J connectivity index is 1.27. The van der Waals surface area contributed by atoms with Crippen molar-refractivity contribution in [2.75, 3.05) is 35.9 Å². The molecular weight excluding hydrogens is 1050 g/mol. The van der Waals surface area contributed by atoms with Gasteiger partial charge in [0.25, 0.3) is 15.9 Å². The van der Waals surface area contributed by atoms with Crippen molar-refractivity contribution in [3.8, 4) is 6.07 Å². The molecule has 0 saturated heterocycles. The van der Waals surface area contributed by atoms with Gasteiger partial charge in [-0.15, -0.1) is 0 Å². The number of aryl methyl sites for hydroxylation is 1. The molecule has 408 valence electrons. The largest absolute Gasteiger partial charge is 0.435 e. The number of ketones is 1. The number of rotatable bonds is 19. The Morgan fingerprint density at radius 1 is 0.829 bits per heavy atom. The quantitative estimate of drug-likeness (QED) is 0.0443. The van der Waals surface area contributed by atoms with Crippen molar-refractivity contribution in [2.45, 2.75) is 131 Å². The number of sulfonamides is 3. The van der Waals surface area contributed by atoms with Crippen LogP contribution >= 0.6 is 11.6 Å². The molecule has 1 aromatic heterocycles. The van der Waals surface area contributed by atoms with E-state index in [0.29, 0.717) is 40.8 Å². The van der Waals surface area contributed by atoms with E-state index in [1.165, 1.54) is 36.9 Å². The minimum absolute atomic E-state index is 0.0951. The number of halogens is 1. The first-order valence-electron chi connectivity index (χ1n) is 24.7. The van der Waals surface area contributed by atoms with Crippen molar-refractivity contribution in [1.82, 2.24) is 4.98 Å². The van der Waals surface area contributed by atoms with Gasteiger partial charge >= 0.3 is 6.09 Å². The Hall–Kier alpha value is -6.47. The van der Waals surface area contributed by atoms with Gasteiger partial charge in [-0.1, -0.05) is 92.0 Å². The second-order valence-corrected chi connectivity index (χ2v) is 27.8. The monoisotopic (exact) mass is 1120 g/mol. The average molecular weight is 1120 g/mol. The molecule has 1 atom stereocenters. The zero-order valence-corrected chi connectivity index (χ0v) is 47.8. The summed E-state index contributed by atoms with van der Waals surface area (Å²) in [5.41, 5.74) is 1.99. The van der Waals surface area contributed by atoms with Gasteiger partial charge in [0.15, 0.2) is 11.4 Å². The lowest BCUT2D eigenvalue weighted by Gasteiger charge is -2.32. The number of fused-ring (bicyclic) bond motifs is 1. The van der Waals surface area contributed by atoms with Gasteiger partial charge in [-0.25, -0.2) is 35.0 Å². The zero-order valence-electron chi connectivity index (χ0n) is 44.5. The molecule has 1 fully saturated rings.